The van der Waals surface area contributed by atoms with Gasteiger partial charge in [-0.3, -0.25) is 0 Å². The zero-order chi connectivity index (χ0) is 19.6. The van der Waals surface area contributed by atoms with Crippen molar-refractivity contribution in [3.63, 3.8) is 0 Å². The lowest BCUT2D eigenvalue weighted by Gasteiger charge is -2.58. The normalized spacial score (nSPS) is 24.8. The molecule has 0 aromatic carbocycles. The smallest absolute Gasteiger partial charge is 0.410 e. The van der Waals surface area contributed by atoms with Crippen LogP contribution in [0.2, 0.25) is 0 Å². The van der Waals surface area contributed by atoms with Crippen LogP contribution < -0.4 is 4.72 Å². The molecule has 0 atom stereocenters. The van der Waals surface area contributed by atoms with Crippen molar-refractivity contribution in [3.8, 4) is 0 Å². The number of ether oxygens (including phenoxy) is 1. The van der Waals surface area contributed by atoms with Crippen LogP contribution in [0, 0.1) is 10.8 Å². The average molecular weight is 399 g/mol. The van der Waals surface area contributed by atoms with E-state index < -0.39 is 40.0 Å². The van der Waals surface area contributed by atoms with Crippen molar-refractivity contribution >= 4 is 16.3 Å². The van der Waals surface area contributed by atoms with E-state index in [9.17, 15) is 26.4 Å². The Kier molecular flexibility index (Phi) is 4.33. The maximum Gasteiger partial charge on any atom is 0.410 e. The molecule has 3 aliphatic rings. The van der Waals surface area contributed by atoms with Crippen LogP contribution in [0.3, 0.4) is 0 Å². The summed E-state index contributed by atoms with van der Waals surface area (Å²) in [5.41, 5.74) is -2.82. The van der Waals surface area contributed by atoms with Crippen LogP contribution in [0.15, 0.2) is 0 Å². The van der Waals surface area contributed by atoms with Gasteiger partial charge in [0.25, 0.3) is 10.2 Å². The first-order chi connectivity index (χ1) is 11.7. The zero-order valence-electron chi connectivity index (χ0n) is 15.0. The topological polar surface area (TPSA) is 79.0 Å². The molecule has 2 aliphatic heterocycles. The van der Waals surface area contributed by atoms with Gasteiger partial charge in [-0.15, -0.1) is 0 Å². The Morgan fingerprint density at radius 1 is 1.12 bits per heavy atom. The van der Waals surface area contributed by atoms with E-state index in [0.29, 0.717) is 13.1 Å². The fourth-order valence-electron chi connectivity index (χ4n) is 3.32. The van der Waals surface area contributed by atoms with Crippen LogP contribution in [0.5, 0.6) is 0 Å². The Bertz CT molecular complexity index is 684. The van der Waals surface area contributed by atoms with E-state index in [4.69, 9.17) is 4.74 Å². The van der Waals surface area contributed by atoms with Crippen molar-refractivity contribution < 1.29 is 31.1 Å². The summed E-state index contributed by atoms with van der Waals surface area (Å²) < 4.78 is 71.5. The van der Waals surface area contributed by atoms with Gasteiger partial charge in [-0.2, -0.15) is 25.9 Å². The van der Waals surface area contributed by atoms with Crippen LogP contribution in [0.1, 0.15) is 33.6 Å². The van der Waals surface area contributed by atoms with Gasteiger partial charge >= 0.3 is 12.3 Å². The summed E-state index contributed by atoms with van der Waals surface area (Å²) >= 11 is 0. The number of nitrogens with zero attached hydrogens (tertiary/aromatic N) is 2. The van der Waals surface area contributed by atoms with Gasteiger partial charge in [-0.05, 0) is 33.6 Å². The molecule has 1 saturated carbocycles. The summed E-state index contributed by atoms with van der Waals surface area (Å²) in [6.45, 7) is 5.83. The van der Waals surface area contributed by atoms with Crippen LogP contribution in [-0.4, -0.2) is 68.2 Å². The molecule has 0 aromatic rings. The number of hydrogen-bond acceptors (Lipinski definition) is 4. The molecule has 11 heteroatoms. The number of amides is 1. The Balaban J connectivity index is 1.46. The molecule has 0 aromatic heterocycles. The van der Waals surface area contributed by atoms with E-state index in [0.717, 1.165) is 4.31 Å². The van der Waals surface area contributed by atoms with Gasteiger partial charge in [0.05, 0.1) is 5.41 Å². The van der Waals surface area contributed by atoms with Crippen molar-refractivity contribution in [3.05, 3.63) is 0 Å². The average Bonchev–Trinajstić information content (AvgIpc) is 3.10. The minimum atomic E-state index is -4.40. The fourth-order valence-corrected chi connectivity index (χ4v) is 4.85. The van der Waals surface area contributed by atoms with Crippen LogP contribution in [0.25, 0.3) is 0 Å². The van der Waals surface area contributed by atoms with Crippen molar-refractivity contribution in [1.29, 1.82) is 0 Å². The second-order valence-electron chi connectivity index (χ2n) is 8.71. The number of carbonyl (C=O) groups excluding carboxylic acids is 1. The monoisotopic (exact) mass is 399 g/mol. The molecule has 1 N–H and O–H groups in total. The van der Waals surface area contributed by atoms with E-state index in [1.807, 2.05) is 0 Å². The quantitative estimate of drug-likeness (QED) is 0.781. The Morgan fingerprint density at radius 3 is 2.08 bits per heavy atom. The molecule has 3 rings (SSSR count). The fraction of sp³-hybridized carbons (Fsp3) is 0.933. The van der Waals surface area contributed by atoms with Crippen molar-refractivity contribution in [1.82, 2.24) is 13.9 Å². The number of halogens is 3. The molecule has 0 bridgehead atoms. The van der Waals surface area contributed by atoms with Crippen molar-refractivity contribution in [2.75, 3.05) is 32.7 Å². The highest BCUT2D eigenvalue weighted by Gasteiger charge is 2.64. The van der Waals surface area contributed by atoms with E-state index in [-0.39, 0.29) is 31.3 Å². The number of carbonyl (C=O) groups is 1. The predicted molar refractivity (Wildman–Crippen MR) is 86.5 cm³/mol. The standard InChI is InChI=1S/C15H24F3N3O4S/c1-12(2,3)25-11(22)20-7-13(8-20)9-21(10-13)26(23,24)19-6-14(4-5-14)15(16,17)18/h19H,4-10H2,1-3H3. The van der Waals surface area contributed by atoms with Gasteiger partial charge < -0.3 is 9.64 Å². The highest BCUT2D eigenvalue weighted by molar-refractivity contribution is 7.87. The highest BCUT2D eigenvalue weighted by atomic mass is 32.2. The summed E-state index contributed by atoms with van der Waals surface area (Å²) in [6.07, 6.45) is -4.93. The second kappa shape index (κ2) is 5.71. The molecular weight excluding hydrogens is 375 g/mol. The number of likely N-dealkylation sites (tertiary alicyclic amines) is 1. The SMILES string of the molecule is CC(C)(C)OC(=O)N1CC2(C1)CN(S(=O)(=O)NCC1(C(F)(F)F)CC1)C2. The van der Waals surface area contributed by atoms with E-state index in [1.165, 1.54) is 4.90 Å². The van der Waals surface area contributed by atoms with Crippen LogP contribution in [0.4, 0.5) is 18.0 Å². The van der Waals surface area contributed by atoms with Crippen LogP contribution >= 0.6 is 0 Å². The Morgan fingerprint density at radius 2 is 1.65 bits per heavy atom. The summed E-state index contributed by atoms with van der Waals surface area (Å²) in [6, 6.07) is 0. The zero-order valence-corrected chi connectivity index (χ0v) is 15.8. The van der Waals surface area contributed by atoms with E-state index >= 15 is 0 Å². The molecular formula is C15H24F3N3O4S. The minimum absolute atomic E-state index is 0.0478. The van der Waals surface area contributed by atoms with Crippen molar-refractivity contribution in [2.45, 2.75) is 45.4 Å². The molecule has 0 unspecified atom stereocenters. The molecule has 26 heavy (non-hydrogen) atoms. The second-order valence-corrected chi connectivity index (χ2v) is 10.5. The third-order valence-corrected chi connectivity index (χ3v) is 6.56. The number of hydrogen-bond donors (Lipinski definition) is 1. The third kappa shape index (κ3) is 3.65. The molecule has 2 saturated heterocycles. The maximum atomic E-state index is 12.9. The van der Waals surface area contributed by atoms with Gasteiger partial charge in [0, 0.05) is 38.1 Å². The lowest BCUT2D eigenvalue weighted by atomic mass is 9.75. The summed E-state index contributed by atoms with van der Waals surface area (Å²) in [5.74, 6) is 0. The van der Waals surface area contributed by atoms with Crippen LogP contribution in [-0.2, 0) is 14.9 Å². The maximum absolute atomic E-state index is 12.9. The number of rotatable bonds is 4. The van der Waals surface area contributed by atoms with Gasteiger partial charge in [-0.1, -0.05) is 0 Å². The largest absolute Gasteiger partial charge is 0.444 e. The summed E-state index contributed by atoms with van der Waals surface area (Å²) in [7, 11) is -3.94. The molecule has 0 radical (unpaired) electrons. The lowest BCUT2D eigenvalue weighted by molar-refractivity contribution is -0.184. The van der Waals surface area contributed by atoms with E-state index in [2.05, 4.69) is 4.72 Å². The molecule has 1 aliphatic carbocycles. The van der Waals surface area contributed by atoms with Gasteiger partial charge in [0.1, 0.15) is 5.60 Å². The molecule has 1 spiro atoms. The first kappa shape index (κ1) is 19.7. The summed E-state index contributed by atoms with van der Waals surface area (Å²) in [4.78, 5) is 13.4. The van der Waals surface area contributed by atoms with Gasteiger partial charge in [0.2, 0.25) is 0 Å². The third-order valence-electron chi connectivity index (χ3n) is 5.12. The minimum Gasteiger partial charge on any atom is -0.444 e. The highest BCUT2D eigenvalue weighted by Crippen LogP contribution is 2.57. The van der Waals surface area contributed by atoms with Gasteiger partial charge in [0.15, 0.2) is 0 Å². The molecule has 7 nitrogen and oxygen atoms in total. The Hall–Kier alpha value is -1.07. The first-order valence-corrected chi connectivity index (χ1v) is 9.91. The summed E-state index contributed by atoms with van der Waals surface area (Å²) in [5, 5.41) is 0. The first-order valence-electron chi connectivity index (χ1n) is 8.47. The van der Waals surface area contributed by atoms with E-state index in [1.54, 1.807) is 20.8 Å². The molecule has 1 amide bonds. The van der Waals surface area contributed by atoms with Crippen molar-refractivity contribution in [2.24, 2.45) is 10.8 Å². The molecule has 2 heterocycles. The predicted octanol–water partition coefficient (Wildman–Crippen LogP) is 1.72. The molecule has 150 valence electrons. The lowest BCUT2D eigenvalue weighted by Crippen LogP contribution is -2.74. The number of alkyl halides is 3. The van der Waals surface area contributed by atoms with Gasteiger partial charge in [-0.25, -0.2) is 9.52 Å². The molecule has 3 fully saturated rings. The Labute approximate surface area is 151 Å². The number of nitrogens with one attached hydrogen (secondary N) is 1.